The number of piperazine rings is 1. The van der Waals surface area contributed by atoms with Crippen molar-refractivity contribution < 1.29 is 13.5 Å². The number of hydrogen-bond donors (Lipinski definition) is 0. The van der Waals surface area contributed by atoms with Crippen molar-refractivity contribution in [3.63, 3.8) is 0 Å². The van der Waals surface area contributed by atoms with Crippen LogP contribution in [0.2, 0.25) is 5.02 Å². The summed E-state index contributed by atoms with van der Waals surface area (Å²) >= 11 is 6.18. The fraction of sp³-hybridized carbons (Fsp3) is 0.308. The van der Waals surface area contributed by atoms with Gasteiger partial charge in [-0.2, -0.15) is 0 Å². The monoisotopic (exact) mass is 456 g/mol. The van der Waals surface area contributed by atoms with E-state index in [4.69, 9.17) is 16.3 Å². The molecule has 6 heteroatoms. The summed E-state index contributed by atoms with van der Waals surface area (Å²) in [5, 5.41) is 0.602. The zero-order valence-corrected chi connectivity index (χ0v) is 18.6. The molecule has 0 saturated carbocycles. The van der Waals surface area contributed by atoms with Gasteiger partial charge >= 0.3 is 0 Å². The van der Waals surface area contributed by atoms with Gasteiger partial charge in [0.05, 0.1) is 0 Å². The van der Waals surface area contributed by atoms with Crippen molar-refractivity contribution in [3.05, 3.63) is 101 Å². The van der Waals surface area contributed by atoms with E-state index >= 15 is 0 Å². The Morgan fingerprint density at radius 2 is 1.59 bits per heavy atom. The highest BCUT2D eigenvalue weighted by Gasteiger charge is 2.21. The van der Waals surface area contributed by atoms with Crippen molar-refractivity contribution in [1.29, 1.82) is 0 Å². The van der Waals surface area contributed by atoms with E-state index in [-0.39, 0.29) is 11.9 Å². The first-order valence-electron chi connectivity index (χ1n) is 10.9. The van der Waals surface area contributed by atoms with Crippen LogP contribution in [0.4, 0.5) is 8.78 Å². The van der Waals surface area contributed by atoms with Crippen molar-refractivity contribution in [3.8, 4) is 5.75 Å². The first-order valence-corrected chi connectivity index (χ1v) is 11.3. The third kappa shape index (κ3) is 6.28. The average molecular weight is 457 g/mol. The first kappa shape index (κ1) is 22.7. The maximum Gasteiger partial charge on any atom is 0.168 e. The summed E-state index contributed by atoms with van der Waals surface area (Å²) in [5.41, 5.74) is 2.21. The van der Waals surface area contributed by atoms with Gasteiger partial charge in [0.15, 0.2) is 11.6 Å². The van der Waals surface area contributed by atoms with Crippen molar-refractivity contribution in [2.24, 2.45) is 0 Å². The quantitative estimate of drug-likeness (QED) is 0.417. The van der Waals surface area contributed by atoms with Crippen LogP contribution in [0.3, 0.4) is 0 Å². The van der Waals surface area contributed by atoms with Gasteiger partial charge in [0, 0.05) is 56.8 Å². The Bertz CT molecular complexity index is 1010. The topological polar surface area (TPSA) is 15.7 Å². The molecule has 3 aromatic rings. The number of hydrogen-bond acceptors (Lipinski definition) is 3. The second-order valence-corrected chi connectivity index (χ2v) is 8.56. The molecule has 0 spiro atoms. The van der Waals surface area contributed by atoms with Gasteiger partial charge in [0.2, 0.25) is 0 Å². The summed E-state index contributed by atoms with van der Waals surface area (Å²) in [6.07, 6.45) is 0.298. The van der Waals surface area contributed by atoms with E-state index in [0.29, 0.717) is 11.4 Å². The van der Waals surface area contributed by atoms with Gasteiger partial charge in [-0.3, -0.25) is 4.90 Å². The molecule has 1 fully saturated rings. The van der Waals surface area contributed by atoms with Crippen molar-refractivity contribution in [2.75, 3.05) is 32.7 Å². The highest BCUT2D eigenvalue weighted by Crippen LogP contribution is 2.29. The predicted molar refractivity (Wildman–Crippen MR) is 124 cm³/mol. The van der Waals surface area contributed by atoms with Crippen molar-refractivity contribution in [1.82, 2.24) is 9.80 Å². The molecule has 168 valence electrons. The maximum absolute atomic E-state index is 14.2. The van der Waals surface area contributed by atoms with Gasteiger partial charge in [-0.05, 0) is 35.4 Å². The Kier molecular flexibility index (Phi) is 7.74. The Labute approximate surface area is 193 Å². The average Bonchev–Trinajstić information content (AvgIpc) is 2.80. The largest absolute Gasteiger partial charge is 0.483 e. The maximum atomic E-state index is 14.2. The van der Waals surface area contributed by atoms with Crippen molar-refractivity contribution in [2.45, 2.75) is 19.1 Å². The fourth-order valence-electron chi connectivity index (χ4n) is 4.04. The third-order valence-electron chi connectivity index (χ3n) is 5.81. The normalized spacial score (nSPS) is 16.1. The smallest absolute Gasteiger partial charge is 0.168 e. The van der Waals surface area contributed by atoms with Crippen LogP contribution in [0.15, 0.2) is 72.8 Å². The highest BCUT2D eigenvalue weighted by atomic mass is 35.5. The Hall–Kier alpha value is -2.47. The van der Waals surface area contributed by atoms with Gasteiger partial charge in [0.1, 0.15) is 11.9 Å². The van der Waals surface area contributed by atoms with Crippen LogP contribution in [0.1, 0.15) is 23.7 Å². The van der Waals surface area contributed by atoms with Crippen LogP contribution in [0.25, 0.3) is 0 Å². The second kappa shape index (κ2) is 10.9. The van der Waals surface area contributed by atoms with E-state index in [0.717, 1.165) is 50.9 Å². The van der Waals surface area contributed by atoms with Gasteiger partial charge < -0.3 is 9.64 Å². The summed E-state index contributed by atoms with van der Waals surface area (Å²) < 4.78 is 33.5. The van der Waals surface area contributed by atoms with E-state index < -0.39 is 11.6 Å². The highest BCUT2D eigenvalue weighted by molar-refractivity contribution is 6.30. The molecule has 3 nitrogen and oxygen atoms in total. The molecular formula is C26H27ClF2N2O. The summed E-state index contributed by atoms with van der Waals surface area (Å²) in [7, 11) is 0. The lowest BCUT2D eigenvalue weighted by Crippen LogP contribution is -2.46. The molecule has 1 atom stereocenters. The Morgan fingerprint density at radius 1 is 0.844 bits per heavy atom. The molecule has 3 aromatic carbocycles. The summed E-state index contributed by atoms with van der Waals surface area (Å²) in [4.78, 5) is 4.87. The molecule has 0 aromatic heterocycles. The Morgan fingerprint density at radius 3 is 2.31 bits per heavy atom. The lowest BCUT2D eigenvalue weighted by Gasteiger charge is -2.35. The van der Waals surface area contributed by atoms with E-state index in [1.807, 2.05) is 24.3 Å². The van der Waals surface area contributed by atoms with E-state index in [9.17, 15) is 8.78 Å². The second-order valence-electron chi connectivity index (χ2n) is 8.13. The molecule has 32 heavy (non-hydrogen) atoms. The minimum Gasteiger partial charge on any atom is -0.483 e. The molecule has 0 bridgehead atoms. The summed E-state index contributed by atoms with van der Waals surface area (Å²) in [6, 6.07) is 21.3. The molecule has 0 aliphatic carbocycles. The minimum absolute atomic E-state index is 0.0454. The fourth-order valence-corrected chi connectivity index (χ4v) is 4.24. The summed E-state index contributed by atoms with van der Waals surface area (Å²) in [6.45, 7) is 5.74. The lowest BCUT2D eigenvalue weighted by atomic mass is 10.1. The number of benzene rings is 3. The minimum atomic E-state index is -0.702. The van der Waals surface area contributed by atoms with E-state index in [1.54, 1.807) is 6.07 Å². The van der Waals surface area contributed by atoms with Crippen LogP contribution in [-0.2, 0) is 6.54 Å². The molecule has 0 N–H and O–H groups in total. The van der Waals surface area contributed by atoms with Crippen LogP contribution in [0.5, 0.6) is 5.75 Å². The van der Waals surface area contributed by atoms with Crippen LogP contribution in [-0.4, -0.2) is 42.5 Å². The van der Waals surface area contributed by atoms with Gasteiger partial charge in [0.25, 0.3) is 0 Å². The van der Waals surface area contributed by atoms with Crippen LogP contribution in [0, 0.1) is 11.6 Å². The molecule has 4 rings (SSSR count). The van der Waals surface area contributed by atoms with Gasteiger partial charge in [-0.25, -0.2) is 8.78 Å². The standard InChI is InChI=1S/C26H27ClF2N2O/c27-22-8-4-7-21(17-22)25(32-26-10-9-23(28)18-24(26)29)11-12-30-13-15-31(16-14-30)19-20-5-2-1-3-6-20/h1-10,17-18,25H,11-16,19H2. The number of rotatable bonds is 8. The number of halogens is 3. The molecule has 1 saturated heterocycles. The van der Waals surface area contributed by atoms with Crippen molar-refractivity contribution >= 4 is 11.6 Å². The van der Waals surface area contributed by atoms with Crippen LogP contribution < -0.4 is 4.74 Å². The third-order valence-corrected chi connectivity index (χ3v) is 6.04. The molecule has 1 aliphatic rings. The lowest BCUT2D eigenvalue weighted by molar-refractivity contribution is 0.105. The molecule has 0 amide bonds. The first-order chi connectivity index (χ1) is 15.6. The summed E-state index contributed by atoms with van der Waals surface area (Å²) in [5.74, 6) is -1.28. The molecule has 1 heterocycles. The Balaban J connectivity index is 1.36. The number of ether oxygens (including phenoxy) is 1. The van der Waals surface area contributed by atoms with E-state index in [1.165, 1.54) is 17.7 Å². The van der Waals surface area contributed by atoms with E-state index in [2.05, 4.69) is 34.1 Å². The van der Waals surface area contributed by atoms with Crippen LogP contribution >= 0.6 is 11.6 Å². The zero-order valence-electron chi connectivity index (χ0n) is 17.9. The molecule has 1 aliphatic heterocycles. The SMILES string of the molecule is Fc1ccc(OC(CCN2CCN(Cc3ccccc3)CC2)c2cccc(Cl)c2)c(F)c1. The van der Waals surface area contributed by atoms with Gasteiger partial charge in [-0.1, -0.05) is 54.1 Å². The number of nitrogens with zero attached hydrogens (tertiary/aromatic N) is 2. The molecule has 1 unspecified atom stereocenters. The predicted octanol–water partition coefficient (Wildman–Crippen LogP) is 5.95. The van der Waals surface area contributed by atoms with Gasteiger partial charge in [-0.15, -0.1) is 0 Å². The zero-order chi connectivity index (χ0) is 22.3. The molecule has 0 radical (unpaired) electrons. The molecular weight excluding hydrogens is 430 g/mol.